The first-order valence-corrected chi connectivity index (χ1v) is 6.36. The van der Waals surface area contributed by atoms with Crippen molar-refractivity contribution in [2.75, 3.05) is 6.61 Å². The summed E-state index contributed by atoms with van der Waals surface area (Å²) in [6, 6.07) is 0. The van der Waals surface area contributed by atoms with E-state index in [0.717, 1.165) is 6.42 Å². The minimum Gasteiger partial charge on any atom is -0.392 e. The smallest absolute Gasteiger partial charge is 0.253 e. The van der Waals surface area contributed by atoms with E-state index in [2.05, 4.69) is 63.1 Å². The molecule has 0 unspecified atom stereocenters. The summed E-state index contributed by atoms with van der Waals surface area (Å²) in [6.07, 6.45) is 5.29. The molecule has 1 heterocycles. The fourth-order valence-corrected chi connectivity index (χ4v) is 2.87. The van der Waals surface area contributed by atoms with Gasteiger partial charge in [0.2, 0.25) is 0 Å². The van der Waals surface area contributed by atoms with E-state index in [1.54, 1.807) is 0 Å². The van der Waals surface area contributed by atoms with Gasteiger partial charge in [0.1, 0.15) is 24.5 Å². The van der Waals surface area contributed by atoms with Gasteiger partial charge in [-0.05, 0) is 25.7 Å². The maximum absolute atomic E-state index is 9.01. The Morgan fingerprint density at radius 2 is 1.82 bits per heavy atom. The number of aliphatic hydroxyl groups excluding tert-OH is 1. The average molecular weight is 239 g/mol. The van der Waals surface area contributed by atoms with Gasteiger partial charge >= 0.3 is 0 Å². The van der Waals surface area contributed by atoms with Crippen LogP contribution in [0.25, 0.3) is 0 Å². The summed E-state index contributed by atoms with van der Waals surface area (Å²) in [5.41, 5.74) is 0.408. The molecule has 98 valence electrons. The van der Waals surface area contributed by atoms with Gasteiger partial charge in [0.05, 0.1) is 6.61 Å². The van der Waals surface area contributed by atoms with Crippen molar-refractivity contribution in [1.82, 2.24) is 4.57 Å². The van der Waals surface area contributed by atoms with E-state index in [1.165, 1.54) is 5.82 Å². The first kappa shape index (κ1) is 14.2. The van der Waals surface area contributed by atoms with E-state index >= 15 is 0 Å². The van der Waals surface area contributed by atoms with E-state index in [1.807, 2.05) is 0 Å². The molecule has 1 N–H and O–H groups in total. The quantitative estimate of drug-likeness (QED) is 0.802. The van der Waals surface area contributed by atoms with Gasteiger partial charge in [-0.1, -0.05) is 20.8 Å². The van der Waals surface area contributed by atoms with Crippen LogP contribution in [0.1, 0.15) is 46.9 Å². The summed E-state index contributed by atoms with van der Waals surface area (Å²) < 4.78 is 4.42. The lowest BCUT2D eigenvalue weighted by Crippen LogP contribution is -2.40. The van der Waals surface area contributed by atoms with Crippen molar-refractivity contribution in [2.24, 2.45) is 5.41 Å². The van der Waals surface area contributed by atoms with Gasteiger partial charge in [0.25, 0.3) is 5.82 Å². The van der Waals surface area contributed by atoms with Crippen LogP contribution in [0.2, 0.25) is 0 Å². The van der Waals surface area contributed by atoms with Gasteiger partial charge in [0.15, 0.2) is 0 Å². The molecular formula is C14H27N2O+. The highest BCUT2D eigenvalue weighted by Gasteiger charge is 2.33. The highest BCUT2D eigenvalue weighted by Crippen LogP contribution is 2.32. The van der Waals surface area contributed by atoms with Crippen molar-refractivity contribution in [3.63, 3.8) is 0 Å². The standard InChI is InChI=1S/C14H27N2O/c1-12-15(9-10-17)7-8-16(12)14(5,6)11-13(2,3)4/h7-8,17H,9-11H2,1-6H3/q+1. The number of imidazole rings is 1. The molecule has 1 rings (SSSR count). The zero-order chi connectivity index (χ0) is 13.3. The largest absolute Gasteiger partial charge is 0.392 e. The fraction of sp³-hybridized carbons (Fsp3) is 0.786. The van der Waals surface area contributed by atoms with Crippen molar-refractivity contribution < 1.29 is 9.67 Å². The molecule has 1 aromatic heterocycles. The summed E-state index contributed by atoms with van der Waals surface area (Å²) >= 11 is 0. The number of rotatable bonds is 4. The minimum absolute atomic E-state index is 0.100. The molecule has 0 aliphatic carbocycles. The number of nitrogens with zero attached hydrogens (tertiary/aromatic N) is 2. The monoisotopic (exact) mass is 239 g/mol. The van der Waals surface area contributed by atoms with Crippen LogP contribution in [0, 0.1) is 12.3 Å². The van der Waals surface area contributed by atoms with E-state index in [9.17, 15) is 0 Å². The molecule has 0 atom stereocenters. The van der Waals surface area contributed by atoms with Crippen LogP contribution < -0.4 is 4.57 Å². The third-order valence-electron chi connectivity index (χ3n) is 3.12. The fourth-order valence-electron chi connectivity index (χ4n) is 2.87. The van der Waals surface area contributed by atoms with Gasteiger partial charge in [-0.15, -0.1) is 0 Å². The van der Waals surface area contributed by atoms with Crippen LogP contribution in [0.3, 0.4) is 0 Å². The minimum atomic E-state index is 0.100. The molecule has 1 aromatic rings. The van der Waals surface area contributed by atoms with Crippen LogP contribution in [0.15, 0.2) is 12.4 Å². The van der Waals surface area contributed by atoms with Gasteiger partial charge in [-0.3, -0.25) is 0 Å². The molecule has 0 bridgehead atoms. The lowest BCUT2D eigenvalue weighted by molar-refractivity contribution is -0.703. The number of aromatic nitrogens is 2. The maximum Gasteiger partial charge on any atom is 0.253 e. The predicted octanol–water partition coefficient (Wildman–Crippen LogP) is 2.25. The molecule has 3 nitrogen and oxygen atoms in total. The topological polar surface area (TPSA) is 29.0 Å². The van der Waals surface area contributed by atoms with E-state index in [4.69, 9.17) is 5.11 Å². The summed E-state index contributed by atoms with van der Waals surface area (Å²) in [5.74, 6) is 1.20. The third-order valence-corrected chi connectivity index (χ3v) is 3.12. The molecule has 0 aliphatic rings. The molecule has 0 amide bonds. The predicted molar refractivity (Wildman–Crippen MR) is 69.8 cm³/mol. The van der Waals surface area contributed by atoms with Crippen LogP contribution in [-0.2, 0) is 12.1 Å². The normalized spacial score (nSPS) is 13.1. The Morgan fingerprint density at radius 1 is 1.24 bits per heavy atom. The van der Waals surface area contributed by atoms with Gasteiger partial charge in [0, 0.05) is 6.92 Å². The zero-order valence-corrected chi connectivity index (χ0v) is 12.1. The van der Waals surface area contributed by atoms with E-state index in [-0.39, 0.29) is 12.1 Å². The van der Waals surface area contributed by atoms with Crippen LogP contribution in [0.5, 0.6) is 0 Å². The maximum atomic E-state index is 9.01. The summed E-state index contributed by atoms with van der Waals surface area (Å²) in [6.45, 7) is 14.3. The molecule has 0 aromatic carbocycles. The Morgan fingerprint density at radius 3 is 2.29 bits per heavy atom. The molecular weight excluding hydrogens is 212 g/mol. The second-order valence-corrected chi connectivity index (χ2v) is 6.68. The SMILES string of the molecule is Cc1n(C(C)(C)CC(C)(C)C)cc[n+]1CCO. The lowest BCUT2D eigenvalue weighted by atomic mass is 9.81. The van der Waals surface area contributed by atoms with Crippen molar-refractivity contribution in [1.29, 1.82) is 0 Å². The highest BCUT2D eigenvalue weighted by atomic mass is 16.3. The van der Waals surface area contributed by atoms with Crippen LogP contribution in [-0.4, -0.2) is 16.3 Å². The Kier molecular flexibility index (Phi) is 4.03. The average Bonchev–Trinajstić information content (AvgIpc) is 2.45. The number of hydrogen-bond donors (Lipinski definition) is 1. The summed E-state index contributed by atoms with van der Waals surface area (Å²) in [5, 5.41) is 9.01. The molecule has 0 radical (unpaired) electrons. The van der Waals surface area contributed by atoms with Crippen molar-refractivity contribution >= 4 is 0 Å². The van der Waals surface area contributed by atoms with Crippen molar-refractivity contribution in [3.05, 3.63) is 18.2 Å². The van der Waals surface area contributed by atoms with Gasteiger partial charge in [-0.2, -0.15) is 0 Å². The molecule has 17 heavy (non-hydrogen) atoms. The summed E-state index contributed by atoms with van der Waals surface area (Å²) in [7, 11) is 0. The Labute approximate surface area is 105 Å². The van der Waals surface area contributed by atoms with E-state index < -0.39 is 0 Å². The zero-order valence-electron chi connectivity index (χ0n) is 12.1. The van der Waals surface area contributed by atoms with E-state index in [0.29, 0.717) is 12.0 Å². The Balaban J connectivity index is 2.99. The molecule has 0 spiro atoms. The van der Waals surface area contributed by atoms with Crippen molar-refractivity contribution in [2.45, 2.75) is 60.0 Å². The number of hydrogen-bond acceptors (Lipinski definition) is 1. The molecule has 0 aliphatic heterocycles. The highest BCUT2D eigenvalue weighted by molar-refractivity contribution is 4.92. The van der Waals surface area contributed by atoms with Crippen LogP contribution in [0.4, 0.5) is 0 Å². The van der Waals surface area contributed by atoms with Gasteiger partial charge < -0.3 is 5.11 Å². The summed E-state index contributed by atoms with van der Waals surface area (Å²) in [4.78, 5) is 0. The molecule has 0 fully saturated rings. The second-order valence-electron chi connectivity index (χ2n) is 6.68. The number of aliphatic hydroxyl groups is 1. The lowest BCUT2D eigenvalue weighted by Gasteiger charge is -2.30. The second kappa shape index (κ2) is 4.81. The Bertz CT molecular complexity index is 372. The molecule has 0 saturated heterocycles. The van der Waals surface area contributed by atoms with Gasteiger partial charge in [-0.25, -0.2) is 9.13 Å². The first-order valence-electron chi connectivity index (χ1n) is 6.36. The first-order chi connectivity index (χ1) is 7.67. The van der Waals surface area contributed by atoms with Crippen LogP contribution >= 0.6 is 0 Å². The third kappa shape index (κ3) is 3.56. The molecule has 3 heteroatoms. The molecule has 0 saturated carbocycles. The van der Waals surface area contributed by atoms with Crippen molar-refractivity contribution in [3.8, 4) is 0 Å². The Hall–Kier alpha value is -0.830.